The topological polar surface area (TPSA) is 21.6 Å². The summed E-state index contributed by atoms with van der Waals surface area (Å²) in [7, 11) is 0. The van der Waals surface area contributed by atoms with Crippen molar-refractivity contribution in [3.8, 4) is 11.1 Å². The van der Waals surface area contributed by atoms with E-state index >= 15 is 0 Å². The van der Waals surface area contributed by atoms with Gasteiger partial charge in [-0.3, -0.25) is 0 Å². The zero-order chi connectivity index (χ0) is 13.9. The van der Waals surface area contributed by atoms with Crippen LogP contribution >= 0.6 is 0 Å². The van der Waals surface area contributed by atoms with Gasteiger partial charge in [0.05, 0.1) is 6.04 Å². The summed E-state index contributed by atoms with van der Waals surface area (Å²) in [6, 6.07) is 19.1. The van der Waals surface area contributed by atoms with E-state index in [1.807, 2.05) is 6.07 Å². The third-order valence-corrected chi connectivity index (χ3v) is 3.68. The summed E-state index contributed by atoms with van der Waals surface area (Å²) in [5.74, 6) is 1.31. The second kappa shape index (κ2) is 5.49. The van der Waals surface area contributed by atoms with Crippen molar-refractivity contribution in [2.75, 3.05) is 6.61 Å². The fourth-order valence-electron chi connectivity index (χ4n) is 2.32. The fourth-order valence-corrected chi connectivity index (χ4v) is 2.32. The quantitative estimate of drug-likeness (QED) is 0.816. The number of aliphatic imine (C=N–C) groups is 1. The van der Waals surface area contributed by atoms with Crippen molar-refractivity contribution in [1.82, 2.24) is 0 Å². The highest BCUT2D eigenvalue weighted by molar-refractivity contribution is 5.95. The van der Waals surface area contributed by atoms with E-state index in [0.717, 1.165) is 11.5 Å². The summed E-state index contributed by atoms with van der Waals surface area (Å²) >= 11 is 0. The molecule has 102 valence electrons. The Morgan fingerprint density at radius 2 is 1.50 bits per heavy atom. The lowest BCUT2D eigenvalue weighted by molar-refractivity contribution is 0.292. The van der Waals surface area contributed by atoms with Crippen LogP contribution in [0.4, 0.5) is 0 Å². The van der Waals surface area contributed by atoms with Gasteiger partial charge in [-0.05, 0) is 29.2 Å². The van der Waals surface area contributed by atoms with Crippen LogP contribution in [0, 0.1) is 5.92 Å². The monoisotopic (exact) mass is 265 g/mol. The first kappa shape index (κ1) is 12.9. The number of nitrogens with zero attached hydrogens (tertiary/aromatic N) is 1. The Labute approximate surface area is 120 Å². The molecule has 0 amide bonds. The predicted octanol–water partition coefficient (Wildman–Crippen LogP) is 4.16. The average Bonchev–Trinajstić information content (AvgIpc) is 2.98. The first-order chi connectivity index (χ1) is 9.74. The van der Waals surface area contributed by atoms with Crippen molar-refractivity contribution in [3.63, 3.8) is 0 Å². The predicted molar refractivity (Wildman–Crippen MR) is 83.0 cm³/mol. The number of rotatable bonds is 3. The lowest BCUT2D eigenvalue weighted by atomic mass is 10.0. The Bertz CT molecular complexity index is 599. The van der Waals surface area contributed by atoms with E-state index in [1.54, 1.807) is 0 Å². The highest BCUT2D eigenvalue weighted by Crippen LogP contribution is 2.22. The smallest absolute Gasteiger partial charge is 0.216 e. The van der Waals surface area contributed by atoms with E-state index in [-0.39, 0.29) is 0 Å². The zero-order valence-electron chi connectivity index (χ0n) is 11.9. The molecule has 0 radical (unpaired) electrons. The molecule has 2 nitrogen and oxygen atoms in total. The third-order valence-electron chi connectivity index (χ3n) is 3.68. The van der Waals surface area contributed by atoms with Gasteiger partial charge >= 0.3 is 0 Å². The van der Waals surface area contributed by atoms with Crippen molar-refractivity contribution >= 4 is 5.90 Å². The van der Waals surface area contributed by atoms with Crippen LogP contribution in [0.5, 0.6) is 0 Å². The van der Waals surface area contributed by atoms with E-state index in [1.165, 1.54) is 11.1 Å². The van der Waals surface area contributed by atoms with Crippen molar-refractivity contribution in [1.29, 1.82) is 0 Å². The van der Waals surface area contributed by atoms with Gasteiger partial charge in [-0.1, -0.05) is 56.3 Å². The molecule has 2 aromatic rings. The molecule has 0 unspecified atom stereocenters. The Balaban J connectivity index is 1.82. The van der Waals surface area contributed by atoms with Crippen LogP contribution in [0.25, 0.3) is 11.1 Å². The van der Waals surface area contributed by atoms with Crippen LogP contribution in [-0.2, 0) is 4.74 Å². The van der Waals surface area contributed by atoms with Crippen LogP contribution in [0.3, 0.4) is 0 Å². The standard InChI is InChI=1S/C18H19NO/c1-13(2)17-12-20-18(19-17)16-10-8-15(9-11-16)14-6-4-3-5-7-14/h3-11,13,17H,12H2,1-2H3/t17-/m0/s1. The van der Waals surface area contributed by atoms with Crippen LogP contribution in [-0.4, -0.2) is 18.5 Å². The Kier molecular flexibility index (Phi) is 3.55. The normalized spacial score (nSPS) is 17.9. The Hall–Kier alpha value is -2.09. The maximum atomic E-state index is 5.71. The van der Waals surface area contributed by atoms with Gasteiger partial charge in [0.1, 0.15) is 6.61 Å². The second-order valence-electron chi connectivity index (χ2n) is 5.50. The van der Waals surface area contributed by atoms with Crippen LogP contribution < -0.4 is 0 Å². The average molecular weight is 265 g/mol. The molecule has 0 bridgehead atoms. The highest BCUT2D eigenvalue weighted by atomic mass is 16.5. The molecule has 1 heterocycles. The van der Waals surface area contributed by atoms with Gasteiger partial charge in [0.2, 0.25) is 5.90 Å². The molecule has 2 heteroatoms. The minimum atomic E-state index is 0.291. The van der Waals surface area contributed by atoms with Gasteiger partial charge in [0.15, 0.2) is 0 Å². The molecule has 0 aromatic heterocycles. The first-order valence-electron chi connectivity index (χ1n) is 7.10. The second-order valence-corrected chi connectivity index (χ2v) is 5.50. The first-order valence-corrected chi connectivity index (χ1v) is 7.10. The number of benzene rings is 2. The molecule has 0 spiro atoms. The molecular weight excluding hydrogens is 246 g/mol. The Morgan fingerprint density at radius 1 is 0.900 bits per heavy atom. The van der Waals surface area contributed by atoms with E-state index in [0.29, 0.717) is 18.6 Å². The molecule has 0 aliphatic carbocycles. The molecule has 1 aliphatic rings. The summed E-state index contributed by atoms with van der Waals surface area (Å²) in [6.45, 7) is 5.06. The van der Waals surface area contributed by atoms with Gasteiger partial charge in [-0.25, -0.2) is 4.99 Å². The number of hydrogen-bond donors (Lipinski definition) is 0. The van der Waals surface area contributed by atoms with Crippen molar-refractivity contribution in [2.45, 2.75) is 19.9 Å². The summed E-state index contributed by atoms with van der Waals surface area (Å²) in [5.41, 5.74) is 3.51. The molecule has 1 atom stereocenters. The molecule has 2 aromatic carbocycles. The molecule has 0 saturated carbocycles. The molecule has 0 fully saturated rings. The van der Waals surface area contributed by atoms with Crippen LogP contribution in [0.1, 0.15) is 19.4 Å². The minimum absolute atomic E-state index is 0.291. The van der Waals surface area contributed by atoms with E-state index in [4.69, 9.17) is 4.74 Å². The maximum Gasteiger partial charge on any atom is 0.216 e. The summed E-state index contributed by atoms with van der Waals surface area (Å²) in [6.07, 6.45) is 0. The van der Waals surface area contributed by atoms with Crippen LogP contribution in [0.2, 0.25) is 0 Å². The van der Waals surface area contributed by atoms with Gasteiger partial charge in [-0.15, -0.1) is 0 Å². The largest absolute Gasteiger partial charge is 0.475 e. The highest BCUT2D eigenvalue weighted by Gasteiger charge is 2.22. The number of hydrogen-bond acceptors (Lipinski definition) is 2. The summed E-state index contributed by atoms with van der Waals surface area (Å²) in [5, 5.41) is 0. The molecule has 3 rings (SSSR count). The van der Waals surface area contributed by atoms with Crippen molar-refractivity contribution in [2.24, 2.45) is 10.9 Å². The lowest BCUT2D eigenvalue weighted by Crippen LogP contribution is -2.13. The van der Waals surface area contributed by atoms with E-state index in [2.05, 4.69) is 67.4 Å². The fraction of sp³-hybridized carbons (Fsp3) is 0.278. The van der Waals surface area contributed by atoms with E-state index in [9.17, 15) is 0 Å². The summed E-state index contributed by atoms with van der Waals surface area (Å²) in [4.78, 5) is 4.65. The van der Waals surface area contributed by atoms with Crippen molar-refractivity contribution < 1.29 is 4.74 Å². The van der Waals surface area contributed by atoms with Crippen LogP contribution in [0.15, 0.2) is 59.6 Å². The zero-order valence-corrected chi connectivity index (χ0v) is 11.9. The van der Waals surface area contributed by atoms with Gasteiger partial charge in [0.25, 0.3) is 0 Å². The van der Waals surface area contributed by atoms with Gasteiger partial charge in [0, 0.05) is 5.56 Å². The molecular formula is C18H19NO. The summed E-state index contributed by atoms with van der Waals surface area (Å²) < 4.78 is 5.71. The molecule has 0 N–H and O–H groups in total. The van der Waals surface area contributed by atoms with Gasteiger partial charge in [-0.2, -0.15) is 0 Å². The van der Waals surface area contributed by atoms with E-state index < -0.39 is 0 Å². The molecule has 20 heavy (non-hydrogen) atoms. The lowest BCUT2D eigenvalue weighted by Gasteiger charge is -2.06. The maximum absolute atomic E-state index is 5.71. The SMILES string of the molecule is CC(C)[C@@H]1COC(c2ccc(-c3ccccc3)cc2)=N1. The van der Waals surface area contributed by atoms with Gasteiger partial charge < -0.3 is 4.74 Å². The molecule has 1 aliphatic heterocycles. The number of ether oxygens (including phenoxy) is 1. The Morgan fingerprint density at radius 3 is 2.10 bits per heavy atom. The minimum Gasteiger partial charge on any atom is -0.475 e. The third kappa shape index (κ3) is 2.60. The molecule has 0 saturated heterocycles. The van der Waals surface area contributed by atoms with Crippen molar-refractivity contribution in [3.05, 3.63) is 60.2 Å².